The molecule has 124 valence electrons. The molecule has 0 aliphatic heterocycles. The number of nitrogen functional groups attached to an aromatic ring is 1. The van der Waals surface area contributed by atoms with E-state index in [1.54, 1.807) is 31.3 Å². The fourth-order valence-electron chi connectivity index (χ4n) is 2.37. The quantitative estimate of drug-likeness (QED) is 0.714. The number of aromatic nitrogens is 2. The number of aryl methyl sites for hydroxylation is 2. The molecule has 0 atom stereocenters. The number of halogens is 1. The van der Waals surface area contributed by atoms with Crippen molar-refractivity contribution in [2.75, 3.05) is 5.73 Å². The molecule has 0 aliphatic carbocycles. The van der Waals surface area contributed by atoms with Gasteiger partial charge >= 0.3 is 0 Å². The van der Waals surface area contributed by atoms with Gasteiger partial charge in [0.1, 0.15) is 5.82 Å². The van der Waals surface area contributed by atoms with Crippen LogP contribution in [-0.4, -0.2) is 18.6 Å². The molecule has 24 heavy (non-hydrogen) atoms. The molecule has 2 aromatic heterocycles. The molecule has 0 amide bonds. The van der Waals surface area contributed by atoms with Crippen LogP contribution in [0.3, 0.4) is 0 Å². The third kappa shape index (κ3) is 3.13. The van der Waals surface area contributed by atoms with E-state index in [4.69, 9.17) is 20.9 Å². The summed E-state index contributed by atoms with van der Waals surface area (Å²) < 4.78 is 28.4. The molecule has 0 radical (unpaired) electrons. The standard InChI is InChI=1S/C16H14ClN3O3S/c1-9-3-4-12(24(17,21)22)7-13(9)11-6-14(16(18)19-8-11)15-5-10(2)20-23-15/h3-8H,1-2H3,(H2,18,19). The van der Waals surface area contributed by atoms with Crippen LogP contribution >= 0.6 is 10.7 Å². The molecule has 2 heterocycles. The Morgan fingerprint density at radius 2 is 1.88 bits per heavy atom. The van der Waals surface area contributed by atoms with Crippen LogP contribution in [0.2, 0.25) is 0 Å². The predicted octanol–water partition coefficient (Wildman–Crippen LogP) is 3.53. The van der Waals surface area contributed by atoms with Crippen LogP contribution in [-0.2, 0) is 9.05 Å². The van der Waals surface area contributed by atoms with Crippen LogP contribution in [0.5, 0.6) is 0 Å². The minimum Gasteiger partial charge on any atom is -0.383 e. The summed E-state index contributed by atoms with van der Waals surface area (Å²) in [6, 6.07) is 8.21. The molecule has 1 aromatic carbocycles. The first-order valence-corrected chi connectivity index (χ1v) is 9.31. The predicted molar refractivity (Wildman–Crippen MR) is 92.1 cm³/mol. The first-order chi connectivity index (χ1) is 11.3. The van der Waals surface area contributed by atoms with Crippen LogP contribution in [0.25, 0.3) is 22.5 Å². The Morgan fingerprint density at radius 3 is 2.50 bits per heavy atom. The minimum atomic E-state index is -3.82. The Morgan fingerprint density at radius 1 is 1.12 bits per heavy atom. The summed E-state index contributed by atoms with van der Waals surface area (Å²) in [5.41, 5.74) is 9.52. The van der Waals surface area contributed by atoms with Crippen LogP contribution in [0.1, 0.15) is 11.3 Å². The number of hydrogen-bond acceptors (Lipinski definition) is 6. The lowest BCUT2D eigenvalue weighted by Crippen LogP contribution is -1.97. The highest BCUT2D eigenvalue weighted by Gasteiger charge is 2.15. The van der Waals surface area contributed by atoms with E-state index in [-0.39, 0.29) is 4.90 Å². The van der Waals surface area contributed by atoms with Gasteiger partial charge in [-0.05, 0) is 43.2 Å². The normalized spacial score (nSPS) is 11.6. The SMILES string of the molecule is Cc1cc(-c2cc(-c3cc(S(=O)(=O)Cl)ccc3C)cnc2N)on1. The number of hydrogen-bond donors (Lipinski definition) is 1. The molecular formula is C16H14ClN3O3S. The summed E-state index contributed by atoms with van der Waals surface area (Å²) in [5, 5.41) is 3.85. The van der Waals surface area contributed by atoms with Gasteiger partial charge < -0.3 is 10.3 Å². The van der Waals surface area contributed by atoms with E-state index < -0.39 is 9.05 Å². The largest absolute Gasteiger partial charge is 0.383 e. The first-order valence-electron chi connectivity index (χ1n) is 7.00. The lowest BCUT2D eigenvalue weighted by atomic mass is 10.00. The molecule has 2 N–H and O–H groups in total. The Labute approximate surface area is 143 Å². The number of anilines is 1. The second-order valence-corrected chi connectivity index (χ2v) is 7.97. The van der Waals surface area contributed by atoms with E-state index >= 15 is 0 Å². The van der Waals surface area contributed by atoms with Gasteiger partial charge in [-0.3, -0.25) is 0 Å². The number of benzene rings is 1. The van der Waals surface area contributed by atoms with Crippen LogP contribution in [0.15, 0.2) is 45.9 Å². The topological polar surface area (TPSA) is 99.1 Å². The van der Waals surface area contributed by atoms with Gasteiger partial charge in [0.2, 0.25) is 0 Å². The molecule has 8 heteroatoms. The highest BCUT2D eigenvalue weighted by molar-refractivity contribution is 8.13. The number of pyridine rings is 1. The Kier molecular flexibility index (Phi) is 4.06. The fourth-order valence-corrected chi connectivity index (χ4v) is 3.15. The average Bonchev–Trinajstić information content (AvgIpc) is 2.93. The van der Waals surface area contributed by atoms with E-state index in [0.29, 0.717) is 28.3 Å². The highest BCUT2D eigenvalue weighted by atomic mass is 35.7. The second kappa shape index (κ2) is 5.92. The molecule has 0 spiro atoms. The maximum absolute atomic E-state index is 11.6. The molecule has 0 aliphatic rings. The van der Waals surface area contributed by atoms with Crippen LogP contribution in [0, 0.1) is 13.8 Å². The molecule has 3 rings (SSSR count). The molecule has 0 saturated carbocycles. The smallest absolute Gasteiger partial charge is 0.261 e. The van der Waals surface area contributed by atoms with Crippen molar-refractivity contribution in [2.24, 2.45) is 0 Å². The summed E-state index contributed by atoms with van der Waals surface area (Å²) in [7, 11) is 1.62. The van der Waals surface area contributed by atoms with Crippen molar-refractivity contribution in [2.45, 2.75) is 18.7 Å². The van der Waals surface area contributed by atoms with E-state index in [0.717, 1.165) is 11.3 Å². The van der Waals surface area contributed by atoms with Crippen molar-refractivity contribution in [3.63, 3.8) is 0 Å². The van der Waals surface area contributed by atoms with Gasteiger partial charge in [0.25, 0.3) is 9.05 Å². The third-order valence-electron chi connectivity index (χ3n) is 3.61. The van der Waals surface area contributed by atoms with Gasteiger partial charge in [-0.15, -0.1) is 0 Å². The monoisotopic (exact) mass is 363 g/mol. The molecule has 3 aromatic rings. The van der Waals surface area contributed by atoms with Gasteiger partial charge in [0, 0.05) is 28.5 Å². The van der Waals surface area contributed by atoms with E-state index in [1.807, 2.05) is 6.92 Å². The molecule has 0 unspecified atom stereocenters. The Bertz CT molecular complexity index is 1030. The lowest BCUT2D eigenvalue weighted by Gasteiger charge is -2.10. The summed E-state index contributed by atoms with van der Waals surface area (Å²) in [5.74, 6) is 0.798. The molecule has 0 bridgehead atoms. The van der Waals surface area contributed by atoms with Gasteiger partial charge in [-0.25, -0.2) is 13.4 Å². The molecule has 0 fully saturated rings. The lowest BCUT2D eigenvalue weighted by molar-refractivity contribution is 0.427. The Hall–Kier alpha value is -2.38. The second-order valence-electron chi connectivity index (χ2n) is 5.40. The highest BCUT2D eigenvalue weighted by Crippen LogP contribution is 2.32. The maximum Gasteiger partial charge on any atom is 0.261 e. The zero-order valence-corrected chi connectivity index (χ0v) is 14.5. The van der Waals surface area contributed by atoms with Gasteiger partial charge in [0.15, 0.2) is 5.76 Å². The van der Waals surface area contributed by atoms with Crippen molar-refractivity contribution >= 4 is 25.6 Å². The maximum atomic E-state index is 11.6. The summed E-state index contributed by atoms with van der Waals surface area (Å²) in [6.45, 7) is 3.67. The third-order valence-corrected chi connectivity index (χ3v) is 4.97. The van der Waals surface area contributed by atoms with Crippen molar-refractivity contribution in [3.8, 4) is 22.5 Å². The first kappa shape index (κ1) is 16.5. The zero-order chi connectivity index (χ0) is 17.5. The number of nitrogens with zero attached hydrogens (tertiary/aromatic N) is 2. The van der Waals surface area contributed by atoms with Crippen LogP contribution in [0.4, 0.5) is 5.82 Å². The average molecular weight is 364 g/mol. The fraction of sp³-hybridized carbons (Fsp3) is 0.125. The van der Waals surface area contributed by atoms with Crippen molar-refractivity contribution < 1.29 is 12.9 Å². The number of nitrogens with two attached hydrogens (primary N) is 1. The molecular weight excluding hydrogens is 350 g/mol. The number of rotatable bonds is 3. The van der Waals surface area contributed by atoms with E-state index in [9.17, 15) is 8.42 Å². The zero-order valence-electron chi connectivity index (χ0n) is 12.9. The van der Waals surface area contributed by atoms with Crippen molar-refractivity contribution in [3.05, 3.63) is 47.8 Å². The van der Waals surface area contributed by atoms with Gasteiger partial charge in [-0.1, -0.05) is 11.2 Å². The van der Waals surface area contributed by atoms with Gasteiger partial charge in [-0.2, -0.15) is 0 Å². The molecule has 0 saturated heterocycles. The van der Waals surface area contributed by atoms with Gasteiger partial charge in [0.05, 0.1) is 16.2 Å². The summed E-state index contributed by atoms with van der Waals surface area (Å²) >= 11 is 0. The van der Waals surface area contributed by atoms with E-state index in [1.165, 1.54) is 12.1 Å². The van der Waals surface area contributed by atoms with Crippen molar-refractivity contribution in [1.29, 1.82) is 0 Å². The summed E-state index contributed by atoms with van der Waals surface area (Å²) in [6.07, 6.45) is 1.58. The van der Waals surface area contributed by atoms with Crippen LogP contribution < -0.4 is 5.73 Å². The molecule has 6 nitrogen and oxygen atoms in total. The van der Waals surface area contributed by atoms with Crippen molar-refractivity contribution in [1.82, 2.24) is 10.1 Å². The minimum absolute atomic E-state index is 0.0265. The Balaban J connectivity index is 2.17. The summed E-state index contributed by atoms with van der Waals surface area (Å²) in [4.78, 5) is 4.21. The van der Waals surface area contributed by atoms with E-state index in [2.05, 4.69) is 10.1 Å².